The van der Waals surface area contributed by atoms with E-state index in [9.17, 15) is 10.2 Å². The number of piperidine rings is 1. The van der Waals surface area contributed by atoms with E-state index < -0.39 is 0 Å². The zero-order valence-corrected chi connectivity index (χ0v) is 10.1. The van der Waals surface area contributed by atoms with Gasteiger partial charge in [0.15, 0.2) is 0 Å². The molecule has 1 heterocycles. The Hall–Kier alpha value is -0.900. The fraction of sp³-hybridized carbons (Fsp3) is 0.571. The minimum atomic E-state index is 0.213. The highest BCUT2D eigenvalue weighted by Crippen LogP contribution is 2.23. The van der Waals surface area contributed by atoms with E-state index in [0.29, 0.717) is 5.92 Å². The Bertz CT molecular complexity index is 328. The third kappa shape index (κ3) is 3.28. The molecule has 2 atom stereocenters. The molecule has 0 radical (unpaired) electrons. The van der Waals surface area contributed by atoms with Gasteiger partial charge in [0.1, 0.15) is 0 Å². The van der Waals surface area contributed by atoms with Gasteiger partial charge < -0.3 is 10.2 Å². The number of aliphatic hydroxyl groups excluding tert-OH is 2. The monoisotopic (exact) mass is 235 g/mol. The second kappa shape index (κ2) is 6.15. The summed E-state index contributed by atoms with van der Waals surface area (Å²) in [6.07, 6.45) is 2.00. The molecular weight excluding hydrogens is 214 g/mol. The lowest BCUT2D eigenvalue weighted by atomic mass is 9.93. The van der Waals surface area contributed by atoms with E-state index in [0.717, 1.165) is 25.9 Å². The van der Waals surface area contributed by atoms with Crippen molar-refractivity contribution < 1.29 is 10.2 Å². The van der Waals surface area contributed by atoms with Crippen LogP contribution < -0.4 is 0 Å². The van der Waals surface area contributed by atoms with Gasteiger partial charge in [0, 0.05) is 25.7 Å². The molecule has 17 heavy (non-hydrogen) atoms. The highest BCUT2D eigenvalue weighted by molar-refractivity contribution is 5.14. The SMILES string of the molecule is OCC1CCC(CO)N(Cc2ccccc2)C1. The number of benzene rings is 1. The first kappa shape index (κ1) is 12.6. The van der Waals surface area contributed by atoms with Crippen LogP contribution in [0.4, 0.5) is 0 Å². The largest absolute Gasteiger partial charge is 0.396 e. The molecule has 1 aromatic rings. The molecule has 0 saturated carbocycles. The average Bonchev–Trinajstić information content (AvgIpc) is 2.40. The van der Waals surface area contributed by atoms with E-state index in [2.05, 4.69) is 17.0 Å². The zero-order chi connectivity index (χ0) is 12.1. The first-order valence-electron chi connectivity index (χ1n) is 6.33. The average molecular weight is 235 g/mol. The summed E-state index contributed by atoms with van der Waals surface area (Å²) in [4.78, 5) is 2.29. The van der Waals surface area contributed by atoms with Crippen LogP contribution in [0.5, 0.6) is 0 Å². The lowest BCUT2D eigenvalue weighted by Crippen LogP contribution is -2.45. The van der Waals surface area contributed by atoms with Gasteiger partial charge in [-0.15, -0.1) is 0 Å². The van der Waals surface area contributed by atoms with Crippen molar-refractivity contribution in [2.24, 2.45) is 5.92 Å². The van der Waals surface area contributed by atoms with Gasteiger partial charge in [-0.25, -0.2) is 0 Å². The molecule has 0 bridgehead atoms. The molecule has 2 unspecified atom stereocenters. The summed E-state index contributed by atoms with van der Waals surface area (Å²) in [6.45, 7) is 2.22. The lowest BCUT2D eigenvalue weighted by Gasteiger charge is -2.38. The predicted molar refractivity (Wildman–Crippen MR) is 67.5 cm³/mol. The predicted octanol–water partition coefficient (Wildman–Crippen LogP) is 1.25. The highest BCUT2D eigenvalue weighted by Gasteiger charge is 2.27. The van der Waals surface area contributed by atoms with Crippen LogP contribution in [0, 0.1) is 5.92 Å². The Morgan fingerprint density at radius 2 is 1.82 bits per heavy atom. The van der Waals surface area contributed by atoms with Crippen LogP contribution in [0.3, 0.4) is 0 Å². The molecule has 1 aromatic carbocycles. The van der Waals surface area contributed by atoms with Crippen molar-refractivity contribution in [2.45, 2.75) is 25.4 Å². The van der Waals surface area contributed by atoms with Gasteiger partial charge in [-0.2, -0.15) is 0 Å². The summed E-state index contributed by atoms with van der Waals surface area (Å²) >= 11 is 0. The molecule has 2 rings (SSSR count). The zero-order valence-electron chi connectivity index (χ0n) is 10.1. The van der Waals surface area contributed by atoms with Crippen molar-refractivity contribution in [3.63, 3.8) is 0 Å². The van der Waals surface area contributed by atoms with Gasteiger partial charge in [-0.05, 0) is 24.3 Å². The number of likely N-dealkylation sites (tertiary alicyclic amines) is 1. The minimum Gasteiger partial charge on any atom is -0.396 e. The van der Waals surface area contributed by atoms with Gasteiger partial charge in [0.2, 0.25) is 0 Å². The first-order chi connectivity index (χ1) is 8.33. The second-order valence-electron chi connectivity index (χ2n) is 4.88. The molecule has 0 spiro atoms. The van der Waals surface area contributed by atoms with Gasteiger partial charge in [0.25, 0.3) is 0 Å². The number of hydrogen-bond acceptors (Lipinski definition) is 3. The quantitative estimate of drug-likeness (QED) is 0.825. The van der Waals surface area contributed by atoms with Crippen molar-refractivity contribution >= 4 is 0 Å². The Morgan fingerprint density at radius 1 is 1.06 bits per heavy atom. The Morgan fingerprint density at radius 3 is 2.47 bits per heavy atom. The summed E-state index contributed by atoms with van der Waals surface area (Å²) in [7, 11) is 0. The Balaban J connectivity index is 2.00. The molecule has 94 valence electrons. The summed E-state index contributed by atoms with van der Waals surface area (Å²) in [6, 6.07) is 10.6. The summed E-state index contributed by atoms with van der Waals surface area (Å²) in [5, 5.41) is 18.6. The van der Waals surface area contributed by atoms with Gasteiger partial charge in [0.05, 0.1) is 6.61 Å². The summed E-state index contributed by atoms with van der Waals surface area (Å²) in [5.41, 5.74) is 1.27. The smallest absolute Gasteiger partial charge is 0.0587 e. The van der Waals surface area contributed by atoms with Crippen molar-refractivity contribution in [1.29, 1.82) is 0 Å². The van der Waals surface area contributed by atoms with E-state index in [1.165, 1.54) is 5.56 Å². The maximum Gasteiger partial charge on any atom is 0.0587 e. The molecule has 3 nitrogen and oxygen atoms in total. The fourth-order valence-electron chi connectivity index (χ4n) is 2.55. The molecule has 1 aliphatic heterocycles. The fourth-order valence-corrected chi connectivity index (χ4v) is 2.55. The number of nitrogens with zero attached hydrogens (tertiary/aromatic N) is 1. The molecule has 3 heteroatoms. The van der Waals surface area contributed by atoms with Crippen LogP contribution in [0.25, 0.3) is 0 Å². The third-order valence-electron chi connectivity index (χ3n) is 3.61. The van der Waals surface area contributed by atoms with Crippen LogP contribution in [0.1, 0.15) is 18.4 Å². The molecule has 1 fully saturated rings. The maximum absolute atomic E-state index is 9.39. The van der Waals surface area contributed by atoms with Gasteiger partial charge >= 0.3 is 0 Å². The van der Waals surface area contributed by atoms with Crippen molar-refractivity contribution in [2.75, 3.05) is 19.8 Å². The van der Waals surface area contributed by atoms with Gasteiger partial charge in [-0.3, -0.25) is 4.90 Å². The van der Waals surface area contributed by atoms with Crippen molar-refractivity contribution in [1.82, 2.24) is 4.90 Å². The highest BCUT2D eigenvalue weighted by atomic mass is 16.3. The normalized spacial score (nSPS) is 26.0. The number of hydrogen-bond donors (Lipinski definition) is 2. The van der Waals surface area contributed by atoms with Crippen molar-refractivity contribution in [3.8, 4) is 0 Å². The molecule has 0 aromatic heterocycles. The van der Waals surface area contributed by atoms with Gasteiger partial charge in [-0.1, -0.05) is 30.3 Å². The van der Waals surface area contributed by atoms with E-state index in [1.807, 2.05) is 18.2 Å². The molecule has 0 aliphatic carbocycles. The third-order valence-corrected chi connectivity index (χ3v) is 3.61. The van der Waals surface area contributed by atoms with E-state index in [-0.39, 0.29) is 19.3 Å². The standard InChI is InChI=1S/C14H21NO2/c16-10-13-6-7-14(11-17)15(9-13)8-12-4-2-1-3-5-12/h1-5,13-14,16-17H,6-11H2. The van der Waals surface area contributed by atoms with Crippen LogP contribution in [0.15, 0.2) is 30.3 Å². The summed E-state index contributed by atoms with van der Waals surface area (Å²) < 4.78 is 0. The Kier molecular flexibility index (Phi) is 4.54. The second-order valence-corrected chi connectivity index (χ2v) is 4.88. The van der Waals surface area contributed by atoms with Crippen LogP contribution in [-0.2, 0) is 6.54 Å². The Labute approximate surface area is 103 Å². The maximum atomic E-state index is 9.39. The van der Waals surface area contributed by atoms with Crippen LogP contribution in [0.2, 0.25) is 0 Å². The number of rotatable bonds is 4. The molecular formula is C14H21NO2. The minimum absolute atomic E-state index is 0.213. The van der Waals surface area contributed by atoms with Crippen LogP contribution in [-0.4, -0.2) is 40.9 Å². The molecule has 1 aliphatic rings. The van der Waals surface area contributed by atoms with E-state index in [4.69, 9.17) is 0 Å². The van der Waals surface area contributed by atoms with E-state index >= 15 is 0 Å². The first-order valence-corrected chi connectivity index (χ1v) is 6.33. The molecule has 1 saturated heterocycles. The topological polar surface area (TPSA) is 43.7 Å². The summed E-state index contributed by atoms with van der Waals surface area (Å²) in [5.74, 6) is 0.363. The number of aliphatic hydroxyl groups is 2. The van der Waals surface area contributed by atoms with E-state index in [1.54, 1.807) is 0 Å². The van der Waals surface area contributed by atoms with Crippen molar-refractivity contribution in [3.05, 3.63) is 35.9 Å². The van der Waals surface area contributed by atoms with Crippen LogP contribution >= 0.6 is 0 Å². The lowest BCUT2D eigenvalue weighted by molar-refractivity contribution is 0.0387. The molecule has 0 amide bonds. The molecule has 2 N–H and O–H groups in total.